The number of nitrogens with zero attached hydrogens (tertiary/aromatic N) is 2. The van der Waals surface area contributed by atoms with E-state index >= 15 is 0 Å². The molecule has 17 heavy (non-hydrogen) atoms. The van der Waals surface area contributed by atoms with Gasteiger partial charge in [0, 0.05) is 25.4 Å². The minimum atomic E-state index is -3.92. The van der Waals surface area contributed by atoms with Crippen molar-refractivity contribution < 1.29 is 13.0 Å². The Morgan fingerprint density at radius 1 is 1.53 bits per heavy atom. The second kappa shape index (κ2) is 6.16. The lowest BCUT2D eigenvalue weighted by Crippen LogP contribution is -2.19. The molecule has 1 N–H and O–H groups in total. The minimum absolute atomic E-state index is 0.397. The normalized spacial score (nSPS) is 13.8. The van der Waals surface area contributed by atoms with Gasteiger partial charge in [0.05, 0.1) is 5.25 Å². The van der Waals surface area contributed by atoms with Crippen LogP contribution in [0.1, 0.15) is 38.9 Å². The summed E-state index contributed by atoms with van der Waals surface area (Å²) in [6.07, 6.45) is 7.06. The highest BCUT2D eigenvalue weighted by Crippen LogP contribution is 2.09. The highest BCUT2D eigenvalue weighted by atomic mass is 32.2. The molecule has 0 bridgehead atoms. The molecule has 0 saturated carbocycles. The van der Waals surface area contributed by atoms with Crippen LogP contribution in [0.5, 0.6) is 0 Å². The summed E-state index contributed by atoms with van der Waals surface area (Å²) in [5, 5.41) is -0.732. The number of aryl methyl sites for hydroxylation is 2. The van der Waals surface area contributed by atoms with Crippen LogP contribution in [0, 0.1) is 0 Å². The van der Waals surface area contributed by atoms with E-state index in [4.69, 9.17) is 4.55 Å². The van der Waals surface area contributed by atoms with E-state index in [-0.39, 0.29) is 0 Å². The smallest absolute Gasteiger partial charge is 0.267 e. The second-order valence-corrected chi connectivity index (χ2v) is 6.09. The van der Waals surface area contributed by atoms with Crippen LogP contribution in [-0.4, -0.2) is 27.8 Å². The second-order valence-electron chi connectivity index (χ2n) is 4.25. The van der Waals surface area contributed by atoms with Crippen LogP contribution in [0.25, 0.3) is 0 Å². The minimum Gasteiger partial charge on any atom is -0.335 e. The summed E-state index contributed by atoms with van der Waals surface area (Å²) in [6, 6.07) is 0. The predicted molar refractivity (Wildman–Crippen MR) is 66.5 cm³/mol. The molecule has 1 unspecified atom stereocenters. The molecule has 1 atom stereocenters. The predicted octanol–water partition coefficient (Wildman–Crippen LogP) is 1.89. The Hall–Kier alpha value is -0.880. The highest BCUT2D eigenvalue weighted by molar-refractivity contribution is 7.86. The molecule has 6 heteroatoms. The average molecular weight is 260 g/mol. The van der Waals surface area contributed by atoms with Gasteiger partial charge in [0.1, 0.15) is 5.82 Å². The largest absolute Gasteiger partial charge is 0.335 e. The molecule has 0 amide bonds. The first kappa shape index (κ1) is 14.2. The molecule has 1 rings (SSSR count). The first-order valence-electron chi connectivity index (χ1n) is 5.91. The molecule has 0 radical (unpaired) electrons. The Kier molecular flexibility index (Phi) is 5.14. The van der Waals surface area contributed by atoms with Crippen LogP contribution in [0.3, 0.4) is 0 Å². The van der Waals surface area contributed by atoms with Gasteiger partial charge in [-0.1, -0.05) is 13.3 Å². The molecular formula is C11H20N2O3S. The third-order valence-corrected chi connectivity index (χ3v) is 4.09. The quantitative estimate of drug-likeness (QED) is 0.760. The third kappa shape index (κ3) is 4.47. The number of hydrogen-bond acceptors (Lipinski definition) is 3. The van der Waals surface area contributed by atoms with Crippen LogP contribution in [0.15, 0.2) is 12.4 Å². The summed E-state index contributed by atoms with van der Waals surface area (Å²) in [5.74, 6) is 0.981. The van der Waals surface area contributed by atoms with E-state index in [2.05, 4.69) is 11.9 Å². The molecule has 0 saturated heterocycles. The standard InChI is InChI=1S/C11H20N2O3S/c1-3-4-5-11-12-7-9-13(11)8-6-10(2)17(14,15)16/h7,9-10H,3-6,8H2,1-2H3,(H,14,15,16). The fraction of sp³-hybridized carbons (Fsp3) is 0.727. The molecule has 0 spiro atoms. The zero-order valence-electron chi connectivity index (χ0n) is 10.3. The summed E-state index contributed by atoms with van der Waals surface area (Å²) < 4.78 is 32.6. The Bertz CT molecular complexity index is 439. The fourth-order valence-corrected chi connectivity index (χ4v) is 1.98. The van der Waals surface area contributed by atoms with E-state index in [0.717, 1.165) is 25.1 Å². The van der Waals surface area contributed by atoms with Crippen molar-refractivity contribution in [1.82, 2.24) is 9.55 Å². The van der Waals surface area contributed by atoms with Crippen molar-refractivity contribution in [3.8, 4) is 0 Å². The number of rotatable bonds is 7. The van der Waals surface area contributed by atoms with Gasteiger partial charge in [0.2, 0.25) is 0 Å². The molecule has 0 aromatic carbocycles. The molecule has 98 valence electrons. The van der Waals surface area contributed by atoms with Crippen LogP contribution < -0.4 is 0 Å². The fourth-order valence-electron chi connectivity index (χ4n) is 1.58. The number of aromatic nitrogens is 2. The molecule has 0 aliphatic rings. The number of hydrogen-bond donors (Lipinski definition) is 1. The molecular weight excluding hydrogens is 240 g/mol. The number of unbranched alkanes of at least 4 members (excludes halogenated alkanes) is 1. The molecule has 0 aliphatic carbocycles. The maximum absolute atomic E-state index is 10.9. The Morgan fingerprint density at radius 3 is 2.82 bits per heavy atom. The maximum Gasteiger partial charge on any atom is 0.267 e. The van der Waals surface area contributed by atoms with Gasteiger partial charge in [-0.3, -0.25) is 4.55 Å². The van der Waals surface area contributed by atoms with Gasteiger partial charge in [-0.25, -0.2) is 4.98 Å². The van der Waals surface area contributed by atoms with Crippen molar-refractivity contribution in [2.75, 3.05) is 0 Å². The molecule has 1 heterocycles. The lowest BCUT2D eigenvalue weighted by Gasteiger charge is -2.10. The van der Waals surface area contributed by atoms with Crippen molar-refractivity contribution in [1.29, 1.82) is 0 Å². The lowest BCUT2D eigenvalue weighted by atomic mass is 10.2. The van der Waals surface area contributed by atoms with Crippen molar-refractivity contribution >= 4 is 10.1 Å². The molecule has 0 fully saturated rings. The topological polar surface area (TPSA) is 72.2 Å². The molecule has 1 aromatic rings. The van der Waals surface area contributed by atoms with Gasteiger partial charge < -0.3 is 4.57 Å². The summed E-state index contributed by atoms with van der Waals surface area (Å²) in [7, 11) is -3.92. The van der Waals surface area contributed by atoms with Gasteiger partial charge >= 0.3 is 0 Å². The van der Waals surface area contributed by atoms with Crippen molar-refractivity contribution in [2.24, 2.45) is 0 Å². The van der Waals surface area contributed by atoms with E-state index in [1.54, 1.807) is 6.20 Å². The van der Waals surface area contributed by atoms with Crippen molar-refractivity contribution in [2.45, 2.75) is 51.3 Å². The first-order chi connectivity index (χ1) is 7.95. The van der Waals surface area contributed by atoms with Crippen molar-refractivity contribution in [3.63, 3.8) is 0 Å². The SMILES string of the molecule is CCCCc1nccn1CCC(C)S(=O)(=O)O. The Morgan fingerprint density at radius 2 is 2.24 bits per heavy atom. The Labute approximate surface area is 103 Å². The summed E-state index contributed by atoms with van der Waals surface area (Å²) in [4.78, 5) is 4.24. The summed E-state index contributed by atoms with van der Waals surface area (Å²) >= 11 is 0. The zero-order chi connectivity index (χ0) is 12.9. The van der Waals surface area contributed by atoms with E-state index in [0.29, 0.717) is 13.0 Å². The molecule has 0 aliphatic heterocycles. The Balaban J connectivity index is 2.54. The van der Waals surface area contributed by atoms with E-state index in [1.807, 2.05) is 10.8 Å². The van der Waals surface area contributed by atoms with Gasteiger partial charge in [-0.15, -0.1) is 0 Å². The van der Waals surface area contributed by atoms with Gasteiger partial charge in [0.25, 0.3) is 10.1 Å². The summed E-state index contributed by atoms with van der Waals surface area (Å²) in [5.41, 5.74) is 0. The monoisotopic (exact) mass is 260 g/mol. The first-order valence-corrected chi connectivity index (χ1v) is 7.41. The van der Waals surface area contributed by atoms with Crippen LogP contribution in [0.4, 0.5) is 0 Å². The average Bonchev–Trinajstić information content (AvgIpc) is 2.69. The van der Waals surface area contributed by atoms with Crippen LogP contribution in [0.2, 0.25) is 0 Å². The van der Waals surface area contributed by atoms with Gasteiger partial charge in [0.15, 0.2) is 0 Å². The van der Waals surface area contributed by atoms with Gasteiger partial charge in [-0.05, 0) is 19.8 Å². The number of imidazole rings is 1. The zero-order valence-corrected chi connectivity index (χ0v) is 11.2. The third-order valence-electron chi connectivity index (χ3n) is 2.84. The van der Waals surface area contributed by atoms with E-state index in [9.17, 15) is 8.42 Å². The van der Waals surface area contributed by atoms with Gasteiger partial charge in [-0.2, -0.15) is 8.42 Å². The van der Waals surface area contributed by atoms with E-state index in [1.165, 1.54) is 6.92 Å². The van der Waals surface area contributed by atoms with Crippen molar-refractivity contribution in [3.05, 3.63) is 18.2 Å². The summed E-state index contributed by atoms with van der Waals surface area (Å²) in [6.45, 7) is 4.20. The molecule has 5 nitrogen and oxygen atoms in total. The van der Waals surface area contributed by atoms with E-state index < -0.39 is 15.4 Å². The maximum atomic E-state index is 10.9. The van der Waals surface area contributed by atoms with Crippen LogP contribution >= 0.6 is 0 Å². The molecule has 1 aromatic heterocycles. The lowest BCUT2D eigenvalue weighted by molar-refractivity contribution is 0.459. The van der Waals surface area contributed by atoms with Crippen LogP contribution in [-0.2, 0) is 23.1 Å². The highest BCUT2D eigenvalue weighted by Gasteiger charge is 2.17.